The Hall–Kier alpha value is -3.86. The number of ketones is 1. The zero-order chi connectivity index (χ0) is 19.8. The fourth-order valence-electron chi connectivity index (χ4n) is 3.55. The number of furan rings is 1. The smallest absolute Gasteiger partial charge is 0.260 e. The summed E-state index contributed by atoms with van der Waals surface area (Å²) in [5, 5.41) is 13.4. The van der Waals surface area contributed by atoms with Gasteiger partial charge < -0.3 is 14.4 Å². The lowest BCUT2D eigenvalue weighted by Crippen LogP contribution is -2.17. The van der Waals surface area contributed by atoms with Gasteiger partial charge in [0.2, 0.25) is 11.4 Å². The Balaban J connectivity index is 1.37. The van der Waals surface area contributed by atoms with Gasteiger partial charge >= 0.3 is 0 Å². The number of carbonyl (C=O) groups excluding carboxylic acids is 1. The average molecular weight is 383 g/mol. The molecular weight excluding hydrogens is 366 g/mol. The second-order valence-corrected chi connectivity index (χ2v) is 6.95. The van der Waals surface area contributed by atoms with Crippen molar-refractivity contribution in [3.05, 3.63) is 101 Å². The second kappa shape index (κ2) is 6.95. The van der Waals surface area contributed by atoms with E-state index in [0.29, 0.717) is 33.9 Å². The predicted octanol–water partition coefficient (Wildman–Crippen LogP) is 5.03. The first-order chi connectivity index (χ1) is 14.2. The molecule has 1 aromatic heterocycles. The van der Waals surface area contributed by atoms with Crippen LogP contribution in [0.3, 0.4) is 0 Å². The van der Waals surface area contributed by atoms with Crippen molar-refractivity contribution in [3.63, 3.8) is 0 Å². The molecule has 0 bridgehead atoms. The summed E-state index contributed by atoms with van der Waals surface area (Å²) in [5.74, 6) is 1.05. The van der Waals surface area contributed by atoms with Gasteiger partial charge in [0.1, 0.15) is 29.3 Å². The van der Waals surface area contributed by atoms with Gasteiger partial charge in [-0.05, 0) is 35.9 Å². The van der Waals surface area contributed by atoms with E-state index < -0.39 is 0 Å². The third-order valence-electron chi connectivity index (χ3n) is 5.00. The van der Waals surface area contributed by atoms with Crippen molar-refractivity contribution in [3.8, 4) is 5.75 Å². The largest absolute Gasteiger partial charge is 0.618 e. The van der Waals surface area contributed by atoms with Crippen molar-refractivity contribution in [2.24, 2.45) is 0 Å². The molecule has 0 unspecified atom stereocenters. The van der Waals surface area contributed by atoms with Gasteiger partial charge in [-0.1, -0.05) is 42.5 Å². The molecule has 3 aromatic carbocycles. The lowest BCUT2D eigenvalue weighted by Gasteiger charge is -2.05. The molecule has 0 fully saturated rings. The Morgan fingerprint density at radius 1 is 0.931 bits per heavy atom. The van der Waals surface area contributed by atoms with Gasteiger partial charge in [-0.15, -0.1) is 0 Å². The number of ether oxygens (including phenoxy) is 1. The molecule has 5 nitrogen and oxygen atoms in total. The highest BCUT2D eigenvalue weighted by molar-refractivity contribution is 6.47. The van der Waals surface area contributed by atoms with E-state index in [2.05, 4.69) is 0 Å². The van der Waals surface area contributed by atoms with Crippen LogP contribution in [-0.4, -0.2) is 16.2 Å². The van der Waals surface area contributed by atoms with Crippen molar-refractivity contribution >= 4 is 28.2 Å². The number of rotatable bonds is 5. The van der Waals surface area contributed by atoms with Gasteiger partial charge in [0.25, 0.3) is 5.78 Å². The van der Waals surface area contributed by atoms with E-state index in [4.69, 9.17) is 9.15 Å². The fourth-order valence-corrected chi connectivity index (χ4v) is 3.55. The number of para-hydroxylation sites is 1. The van der Waals surface area contributed by atoms with Gasteiger partial charge in [-0.3, -0.25) is 4.79 Å². The molecule has 0 N–H and O–H groups in total. The summed E-state index contributed by atoms with van der Waals surface area (Å²) in [7, 11) is 0. The minimum Gasteiger partial charge on any atom is -0.618 e. The second-order valence-electron chi connectivity index (χ2n) is 6.95. The molecule has 5 rings (SSSR count). The zero-order valence-electron chi connectivity index (χ0n) is 15.5. The van der Waals surface area contributed by atoms with Gasteiger partial charge in [-0.25, -0.2) is 0 Å². The van der Waals surface area contributed by atoms with E-state index in [1.807, 2.05) is 54.6 Å². The summed E-state index contributed by atoms with van der Waals surface area (Å²) in [6.07, 6.45) is 0.145. The zero-order valence-corrected chi connectivity index (χ0v) is 15.5. The molecule has 0 radical (unpaired) electrons. The molecule has 4 aromatic rings. The van der Waals surface area contributed by atoms with Crippen molar-refractivity contribution in [2.45, 2.75) is 13.0 Å². The molecular formula is C24H17NO4. The number of benzene rings is 3. The molecule has 0 atom stereocenters. The monoisotopic (exact) mass is 383 g/mol. The van der Waals surface area contributed by atoms with Crippen LogP contribution < -0.4 is 4.74 Å². The number of Topliss-reactive ketones (excluding diaryl/α,β-unsaturated/α-hetero) is 1. The maximum absolute atomic E-state index is 12.6. The van der Waals surface area contributed by atoms with E-state index in [1.165, 1.54) is 0 Å². The van der Waals surface area contributed by atoms with Crippen LogP contribution in [0, 0.1) is 5.21 Å². The quantitative estimate of drug-likeness (QED) is 0.358. The van der Waals surface area contributed by atoms with Crippen LogP contribution in [0.2, 0.25) is 0 Å². The van der Waals surface area contributed by atoms with Gasteiger partial charge in [0.05, 0.1) is 6.42 Å². The van der Waals surface area contributed by atoms with Crippen LogP contribution in [0.25, 0.3) is 11.0 Å². The predicted molar refractivity (Wildman–Crippen MR) is 110 cm³/mol. The first-order valence-electron chi connectivity index (χ1n) is 9.35. The Labute approximate surface area is 167 Å². The number of fused-ring (bicyclic) bond motifs is 2. The average Bonchev–Trinajstić information content (AvgIpc) is 3.27. The molecule has 5 heteroatoms. The maximum atomic E-state index is 12.6. The van der Waals surface area contributed by atoms with Crippen LogP contribution in [0.5, 0.6) is 5.75 Å². The van der Waals surface area contributed by atoms with E-state index in [-0.39, 0.29) is 17.9 Å². The number of carbonyl (C=O) groups is 1. The summed E-state index contributed by atoms with van der Waals surface area (Å²) in [6, 6.07) is 24.2. The molecule has 0 spiro atoms. The molecule has 0 saturated heterocycles. The van der Waals surface area contributed by atoms with Gasteiger partial charge in [0, 0.05) is 11.5 Å². The molecule has 1 aliphatic heterocycles. The molecule has 29 heavy (non-hydrogen) atoms. The van der Waals surface area contributed by atoms with Crippen LogP contribution in [0.4, 0.5) is 5.69 Å². The highest BCUT2D eigenvalue weighted by atomic mass is 16.5. The highest BCUT2D eigenvalue weighted by Crippen LogP contribution is 2.29. The lowest BCUT2D eigenvalue weighted by atomic mass is 10.1. The van der Waals surface area contributed by atoms with E-state index >= 15 is 0 Å². The van der Waals surface area contributed by atoms with E-state index in [0.717, 1.165) is 16.7 Å². The topological polar surface area (TPSA) is 65.5 Å². The molecule has 0 saturated carbocycles. The van der Waals surface area contributed by atoms with Crippen molar-refractivity contribution < 1.29 is 18.7 Å². The van der Waals surface area contributed by atoms with Gasteiger partial charge in [-0.2, -0.15) is 4.74 Å². The molecule has 0 aliphatic carbocycles. The maximum Gasteiger partial charge on any atom is 0.260 e. The summed E-state index contributed by atoms with van der Waals surface area (Å²) in [6.45, 7) is 0.479. The SMILES string of the molecule is O=C1C(Cc2cc3cc(OCc4ccccc4)ccc3o2)=[N+]([O-])c2ccccc21. The lowest BCUT2D eigenvalue weighted by molar-refractivity contribution is -0.357. The van der Waals surface area contributed by atoms with E-state index in [1.54, 1.807) is 24.3 Å². The minimum absolute atomic E-state index is 0.145. The first-order valence-corrected chi connectivity index (χ1v) is 9.35. The minimum atomic E-state index is -0.247. The summed E-state index contributed by atoms with van der Waals surface area (Å²) >= 11 is 0. The van der Waals surface area contributed by atoms with Crippen LogP contribution >= 0.6 is 0 Å². The van der Waals surface area contributed by atoms with Crippen molar-refractivity contribution in [1.82, 2.24) is 0 Å². The summed E-state index contributed by atoms with van der Waals surface area (Å²) in [4.78, 5) is 12.6. The third-order valence-corrected chi connectivity index (χ3v) is 5.00. The number of nitrogens with zero attached hydrogens (tertiary/aromatic N) is 1. The van der Waals surface area contributed by atoms with Crippen LogP contribution in [-0.2, 0) is 13.0 Å². The van der Waals surface area contributed by atoms with Gasteiger partial charge in [0.15, 0.2) is 0 Å². The fraction of sp³-hybridized carbons (Fsp3) is 0.0833. The molecule has 0 amide bonds. The summed E-state index contributed by atoms with van der Waals surface area (Å²) < 4.78 is 12.4. The summed E-state index contributed by atoms with van der Waals surface area (Å²) in [5.41, 5.74) is 2.77. The van der Waals surface area contributed by atoms with Crippen LogP contribution in [0.15, 0.2) is 83.3 Å². The Bertz CT molecular complexity index is 1250. The van der Waals surface area contributed by atoms with Crippen molar-refractivity contribution in [1.29, 1.82) is 0 Å². The highest BCUT2D eigenvalue weighted by Gasteiger charge is 2.35. The standard InChI is InChI=1S/C24H17NO4/c26-24-20-8-4-5-9-21(20)25(27)22(24)14-19-13-17-12-18(10-11-23(17)29-19)28-15-16-6-2-1-3-7-16/h1-13H,14-15H2. The Morgan fingerprint density at radius 2 is 1.72 bits per heavy atom. The number of hydrogen-bond donors (Lipinski definition) is 0. The number of hydrogen-bond acceptors (Lipinski definition) is 4. The Kier molecular flexibility index (Phi) is 4.13. The third kappa shape index (κ3) is 3.17. The van der Waals surface area contributed by atoms with E-state index in [9.17, 15) is 10.0 Å². The Morgan fingerprint density at radius 3 is 2.55 bits per heavy atom. The first kappa shape index (κ1) is 17.3. The van der Waals surface area contributed by atoms with Crippen molar-refractivity contribution in [2.75, 3.05) is 0 Å². The molecule has 1 aliphatic rings. The normalized spacial score (nSPS) is 13.2. The molecule has 142 valence electrons. The van der Waals surface area contributed by atoms with Crippen LogP contribution in [0.1, 0.15) is 21.7 Å². The molecule has 2 heterocycles.